The average Bonchev–Trinajstić information content (AvgIpc) is 3.02. The summed E-state index contributed by atoms with van der Waals surface area (Å²) in [5.74, 6) is 0.875. The van der Waals surface area contributed by atoms with E-state index in [-0.39, 0.29) is 24.1 Å². The van der Waals surface area contributed by atoms with Crippen molar-refractivity contribution in [2.24, 2.45) is 10.3 Å². The number of carbonyl (C=O) groups excluding carboxylic acids is 1. The Balaban J connectivity index is 1.96. The van der Waals surface area contributed by atoms with E-state index in [0.29, 0.717) is 23.6 Å². The number of amides is 1. The Morgan fingerprint density at radius 2 is 2.04 bits per heavy atom. The van der Waals surface area contributed by atoms with Gasteiger partial charge in [-0.3, -0.25) is 4.79 Å². The zero-order valence-corrected chi connectivity index (χ0v) is 15.0. The van der Waals surface area contributed by atoms with Gasteiger partial charge in [-0.25, -0.2) is 4.31 Å². The first-order valence-corrected chi connectivity index (χ1v) is 9.16. The van der Waals surface area contributed by atoms with Crippen molar-refractivity contribution in [2.45, 2.75) is 13.8 Å². The molecule has 2 aliphatic rings. The molecule has 2 aliphatic heterocycles. The first-order valence-electron chi connectivity index (χ1n) is 7.76. The van der Waals surface area contributed by atoms with Crippen LogP contribution in [0.15, 0.2) is 34.4 Å². The molecule has 3 rings (SSSR count). The van der Waals surface area contributed by atoms with E-state index in [1.165, 1.54) is 13.1 Å². The Labute approximate surface area is 146 Å². The summed E-state index contributed by atoms with van der Waals surface area (Å²) in [6.07, 6.45) is 1.45. The molecule has 1 aromatic carbocycles. The van der Waals surface area contributed by atoms with Crippen LogP contribution in [-0.4, -0.2) is 44.7 Å². The number of nitrogens with zero attached hydrogens (tertiary/aromatic N) is 2. The fraction of sp³-hybridized carbons (Fsp3) is 0.375. The predicted molar refractivity (Wildman–Crippen MR) is 91.7 cm³/mol. The summed E-state index contributed by atoms with van der Waals surface area (Å²) in [6.45, 7) is 4.47. The first-order chi connectivity index (χ1) is 11.8. The summed E-state index contributed by atoms with van der Waals surface area (Å²) in [5.41, 5.74) is 0.712. The highest BCUT2D eigenvalue weighted by Crippen LogP contribution is 2.33. The first kappa shape index (κ1) is 17.3. The highest BCUT2D eigenvalue weighted by atomic mass is 32.2. The Bertz CT molecular complexity index is 874. The SMILES string of the molecule is CC(C)CNC(=O)C1=CC(c2ccc3c(c2)OCO3)=NS(=O)(=O)N1C. The summed E-state index contributed by atoms with van der Waals surface area (Å²) < 4.78 is 39.8. The van der Waals surface area contributed by atoms with Gasteiger partial charge in [0.25, 0.3) is 5.91 Å². The van der Waals surface area contributed by atoms with E-state index in [9.17, 15) is 13.2 Å². The van der Waals surface area contributed by atoms with Crippen molar-refractivity contribution >= 4 is 21.8 Å². The summed E-state index contributed by atoms with van der Waals surface area (Å²) in [4.78, 5) is 12.4. The number of hydrogen-bond donors (Lipinski definition) is 1. The molecule has 0 unspecified atom stereocenters. The molecule has 9 heteroatoms. The van der Waals surface area contributed by atoms with Gasteiger partial charge >= 0.3 is 10.2 Å². The number of allylic oxidation sites excluding steroid dienone is 1. The molecule has 1 amide bonds. The van der Waals surface area contributed by atoms with Gasteiger partial charge in [0.1, 0.15) is 5.70 Å². The van der Waals surface area contributed by atoms with Gasteiger partial charge in [-0.15, -0.1) is 4.40 Å². The van der Waals surface area contributed by atoms with E-state index in [0.717, 1.165) is 4.31 Å². The second-order valence-electron chi connectivity index (χ2n) is 6.12. The predicted octanol–water partition coefficient (Wildman–Crippen LogP) is 1.05. The van der Waals surface area contributed by atoms with Gasteiger partial charge in [-0.2, -0.15) is 8.42 Å². The lowest BCUT2D eigenvalue weighted by molar-refractivity contribution is -0.118. The van der Waals surface area contributed by atoms with Crippen molar-refractivity contribution in [3.8, 4) is 11.5 Å². The zero-order valence-electron chi connectivity index (χ0n) is 14.1. The van der Waals surface area contributed by atoms with Crippen LogP contribution in [0, 0.1) is 5.92 Å². The van der Waals surface area contributed by atoms with E-state index in [1.807, 2.05) is 13.8 Å². The quantitative estimate of drug-likeness (QED) is 0.860. The fourth-order valence-corrected chi connectivity index (χ4v) is 3.26. The molecule has 0 saturated heterocycles. The largest absolute Gasteiger partial charge is 0.454 e. The Hall–Kier alpha value is -2.55. The van der Waals surface area contributed by atoms with E-state index >= 15 is 0 Å². The summed E-state index contributed by atoms with van der Waals surface area (Å²) >= 11 is 0. The van der Waals surface area contributed by atoms with Crippen LogP contribution in [0.5, 0.6) is 11.5 Å². The second-order valence-corrected chi connectivity index (χ2v) is 7.75. The lowest BCUT2D eigenvalue weighted by Gasteiger charge is -2.24. The molecule has 0 aromatic heterocycles. The van der Waals surface area contributed by atoms with Crippen molar-refractivity contribution in [3.63, 3.8) is 0 Å². The van der Waals surface area contributed by atoms with Crippen LogP contribution in [0.1, 0.15) is 19.4 Å². The second kappa shape index (κ2) is 6.40. The molecule has 134 valence electrons. The number of benzene rings is 1. The van der Waals surface area contributed by atoms with E-state index < -0.39 is 16.1 Å². The molecule has 0 aliphatic carbocycles. The summed E-state index contributed by atoms with van der Waals surface area (Å²) in [5, 5.41) is 2.72. The van der Waals surface area contributed by atoms with Gasteiger partial charge in [0.2, 0.25) is 6.79 Å². The Morgan fingerprint density at radius 3 is 2.76 bits per heavy atom. The minimum Gasteiger partial charge on any atom is -0.454 e. The Morgan fingerprint density at radius 1 is 1.32 bits per heavy atom. The van der Waals surface area contributed by atoms with Crippen LogP contribution in [0.4, 0.5) is 0 Å². The smallest absolute Gasteiger partial charge is 0.345 e. The third-order valence-electron chi connectivity index (χ3n) is 3.74. The molecule has 0 fully saturated rings. The molecule has 0 radical (unpaired) electrons. The molecule has 0 spiro atoms. The maximum absolute atomic E-state index is 12.4. The standard InChI is InChI=1S/C16H19N3O5S/c1-10(2)8-17-16(20)13-7-12(18-25(21,22)19(13)3)11-4-5-14-15(6-11)24-9-23-14/h4-7,10H,8-9H2,1-3H3,(H,17,20). The molecule has 25 heavy (non-hydrogen) atoms. The van der Waals surface area contributed by atoms with Crippen LogP contribution in [-0.2, 0) is 15.0 Å². The third-order valence-corrected chi connectivity index (χ3v) is 5.06. The lowest BCUT2D eigenvalue weighted by atomic mass is 10.1. The van der Waals surface area contributed by atoms with Gasteiger partial charge in [0.15, 0.2) is 11.5 Å². The molecular formula is C16H19N3O5S. The van der Waals surface area contributed by atoms with Crippen LogP contribution < -0.4 is 14.8 Å². The van der Waals surface area contributed by atoms with Gasteiger partial charge < -0.3 is 14.8 Å². The van der Waals surface area contributed by atoms with Crippen LogP contribution in [0.3, 0.4) is 0 Å². The van der Waals surface area contributed by atoms with Crippen molar-refractivity contribution in [1.82, 2.24) is 9.62 Å². The monoisotopic (exact) mass is 365 g/mol. The number of hydrogen-bond acceptors (Lipinski definition) is 5. The third kappa shape index (κ3) is 3.46. The molecule has 2 heterocycles. The molecule has 0 bridgehead atoms. The van der Waals surface area contributed by atoms with Crippen molar-refractivity contribution in [1.29, 1.82) is 0 Å². The van der Waals surface area contributed by atoms with Gasteiger partial charge in [0, 0.05) is 19.2 Å². The van der Waals surface area contributed by atoms with Crippen molar-refractivity contribution in [3.05, 3.63) is 35.5 Å². The van der Waals surface area contributed by atoms with Gasteiger partial charge in [0.05, 0.1) is 5.71 Å². The zero-order chi connectivity index (χ0) is 18.2. The molecular weight excluding hydrogens is 346 g/mol. The highest BCUT2D eigenvalue weighted by Gasteiger charge is 2.30. The number of carbonyl (C=O) groups is 1. The minimum absolute atomic E-state index is 0.0170. The van der Waals surface area contributed by atoms with E-state index in [4.69, 9.17) is 9.47 Å². The lowest BCUT2D eigenvalue weighted by Crippen LogP contribution is -2.39. The highest BCUT2D eigenvalue weighted by molar-refractivity contribution is 7.88. The molecule has 1 aromatic rings. The summed E-state index contributed by atoms with van der Waals surface area (Å²) in [6, 6.07) is 4.99. The minimum atomic E-state index is -3.99. The number of nitrogens with one attached hydrogen (secondary N) is 1. The molecule has 1 N–H and O–H groups in total. The maximum atomic E-state index is 12.4. The normalized spacial score (nSPS) is 18.0. The van der Waals surface area contributed by atoms with Crippen molar-refractivity contribution in [2.75, 3.05) is 20.4 Å². The van der Waals surface area contributed by atoms with Crippen molar-refractivity contribution < 1.29 is 22.7 Å². The summed E-state index contributed by atoms with van der Waals surface area (Å²) in [7, 11) is -2.68. The van der Waals surface area contributed by atoms with Gasteiger partial charge in [-0.1, -0.05) is 13.8 Å². The molecule has 0 saturated carbocycles. The fourth-order valence-electron chi connectivity index (χ4n) is 2.34. The number of fused-ring (bicyclic) bond motifs is 1. The number of rotatable bonds is 4. The van der Waals surface area contributed by atoms with E-state index in [1.54, 1.807) is 18.2 Å². The van der Waals surface area contributed by atoms with Crippen LogP contribution in [0.25, 0.3) is 0 Å². The number of ether oxygens (including phenoxy) is 2. The van der Waals surface area contributed by atoms with Crippen LogP contribution >= 0.6 is 0 Å². The Kier molecular flexibility index (Phi) is 4.42. The maximum Gasteiger partial charge on any atom is 0.345 e. The van der Waals surface area contributed by atoms with Gasteiger partial charge in [-0.05, 0) is 30.2 Å². The molecule has 8 nitrogen and oxygen atoms in total. The number of likely N-dealkylation sites (N-methyl/N-ethyl adjacent to an activating group) is 1. The molecule has 0 atom stereocenters. The van der Waals surface area contributed by atoms with Crippen LogP contribution in [0.2, 0.25) is 0 Å². The van der Waals surface area contributed by atoms with E-state index in [2.05, 4.69) is 9.71 Å². The average molecular weight is 365 g/mol. The topological polar surface area (TPSA) is 97.3 Å².